The number of fused-ring (bicyclic) bond motifs is 1. The molecule has 2 heterocycles. The van der Waals surface area contributed by atoms with Gasteiger partial charge in [-0.05, 0) is 31.0 Å². The van der Waals surface area contributed by atoms with Gasteiger partial charge in [0.05, 0.1) is 7.05 Å². The van der Waals surface area contributed by atoms with Crippen LogP contribution in [0.3, 0.4) is 0 Å². The van der Waals surface area contributed by atoms with Crippen molar-refractivity contribution in [1.29, 1.82) is 0 Å². The van der Waals surface area contributed by atoms with Crippen LogP contribution in [0.4, 0.5) is 4.79 Å². The fourth-order valence-electron chi connectivity index (χ4n) is 4.36. The normalized spacial score (nSPS) is 22.5. The molecule has 1 aliphatic carbocycles. The molecule has 2 fully saturated rings. The molecule has 3 amide bonds. The molecular weight excluding hydrogens is 346 g/mol. The Kier molecular flexibility index (Phi) is 4.95. The van der Waals surface area contributed by atoms with E-state index in [-0.39, 0.29) is 11.9 Å². The summed E-state index contributed by atoms with van der Waals surface area (Å²) in [5.41, 5.74) is 0.429. The third-order valence-electron chi connectivity index (χ3n) is 5.74. The van der Waals surface area contributed by atoms with Crippen LogP contribution in [0.15, 0.2) is 18.2 Å². The van der Waals surface area contributed by atoms with Gasteiger partial charge in [-0.3, -0.25) is 4.79 Å². The molecule has 27 heavy (non-hydrogen) atoms. The standard InChI is InChI=1S/C20H27N3O4/c1-22(13-15-6-7-16-17(12-15)27-11-10-26-16)14-23-18(24)20(21-19(23)25)8-4-2-3-5-9-20/h6-7,12H,2-5,8-11,13-14H2,1H3,(H,21,25)/p+1. The zero-order valence-corrected chi connectivity index (χ0v) is 15.9. The first-order valence-electron chi connectivity index (χ1n) is 9.91. The number of carbonyl (C=O) groups excluding carboxylic acids is 2. The lowest BCUT2D eigenvalue weighted by Crippen LogP contribution is -3.09. The van der Waals surface area contributed by atoms with Crippen LogP contribution >= 0.6 is 0 Å². The highest BCUT2D eigenvalue weighted by atomic mass is 16.6. The maximum atomic E-state index is 13.0. The summed E-state index contributed by atoms with van der Waals surface area (Å²) in [6.45, 7) is 2.19. The minimum absolute atomic E-state index is 0.0454. The van der Waals surface area contributed by atoms with Crippen molar-refractivity contribution in [2.24, 2.45) is 0 Å². The van der Waals surface area contributed by atoms with E-state index < -0.39 is 5.54 Å². The predicted octanol–water partition coefficient (Wildman–Crippen LogP) is 1.07. The van der Waals surface area contributed by atoms with Gasteiger partial charge in [0.1, 0.15) is 25.3 Å². The van der Waals surface area contributed by atoms with E-state index in [0.717, 1.165) is 60.5 Å². The number of urea groups is 1. The molecule has 1 aromatic carbocycles. The SMILES string of the molecule is C[NH+](Cc1ccc2c(c1)OCCO2)CN1C(=O)NC2(CCCCCC2)C1=O. The predicted molar refractivity (Wildman–Crippen MR) is 98.7 cm³/mol. The van der Waals surface area contributed by atoms with Gasteiger partial charge in [0.25, 0.3) is 5.91 Å². The molecule has 7 nitrogen and oxygen atoms in total. The maximum absolute atomic E-state index is 13.0. The monoisotopic (exact) mass is 374 g/mol. The molecule has 2 N–H and O–H groups in total. The lowest BCUT2D eigenvalue weighted by molar-refractivity contribution is -0.901. The number of carbonyl (C=O) groups is 2. The Balaban J connectivity index is 1.41. The van der Waals surface area contributed by atoms with Gasteiger partial charge in [-0.2, -0.15) is 0 Å². The van der Waals surface area contributed by atoms with Crippen LogP contribution in [-0.2, 0) is 11.3 Å². The van der Waals surface area contributed by atoms with E-state index >= 15 is 0 Å². The molecular formula is C20H28N3O4+. The lowest BCUT2D eigenvalue weighted by atomic mass is 9.90. The Bertz CT molecular complexity index is 728. The highest BCUT2D eigenvalue weighted by Gasteiger charge is 2.51. The first-order chi connectivity index (χ1) is 13.1. The highest BCUT2D eigenvalue weighted by Crippen LogP contribution is 2.32. The minimum Gasteiger partial charge on any atom is -0.486 e. The topological polar surface area (TPSA) is 72.3 Å². The third kappa shape index (κ3) is 3.60. The van der Waals surface area contributed by atoms with E-state index in [4.69, 9.17) is 9.47 Å². The fraction of sp³-hybridized carbons (Fsp3) is 0.600. The van der Waals surface area contributed by atoms with Crippen molar-refractivity contribution >= 4 is 11.9 Å². The van der Waals surface area contributed by atoms with Crippen molar-refractivity contribution in [2.75, 3.05) is 26.9 Å². The van der Waals surface area contributed by atoms with Crippen LogP contribution in [-0.4, -0.2) is 49.3 Å². The number of amides is 3. The van der Waals surface area contributed by atoms with Crippen molar-refractivity contribution < 1.29 is 24.0 Å². The summed E-state index contributed by atoms with van der Waals surface area (Å²) in [6, 6.07) is 5.67. The Morgan fingerprint density at radius 3 is 2.52 bits per heavy atom. The molecule has 1 saturated carbocycles. The van der Waals surface area contributed by atoms with E-state index in [1.165, 1.54) is 4.90 Å². The third-order valence-corrected chi connectivity index (χ3v) is 5.74. The van der Waals surface area contributed by atoms with Crippen molar-refractivity contribution in [2.45, 2.75) is 50.6 Å². The van der Waals surface area contributed by atoms with Gasteiger partial charge in [-0.25, -0.2) is 9.69 Å². The van der Waals surface area contributed by atoms with Gasteiger partial charge in [0.15, 0.2) is 18.2 Å². The Hall–Kier alpha value is -2.28. The summed E-state index contributed by atoms with van der Waals surface area (Å²) < 4.78 is 11.2. The minimum atomic E-state index is -0.662. The zero-order chi connectivity index (χ0) is 18.9. The molecule has 1 spiro atoms. The summed E-state index contributed by atoms with van der Waals surface area (Å²) in [7, 11) is 2.00. The second-order valence-corrected chi connectivity index (χ2v) is 7.93. The number of nitrogens with one attached hydrogen (secondary N) is 2. The number of imide groups is 1. The molecule has 1 saturated heterocycles. The molecule has 7 heteroatoms. The number of hydrogen-bond donors (Lipinski definition) is 2. The van der Waals surface area contributed by atoms with Gasteiger partial charge in [0.2, 0.25) is 0 Å². The zero-order valence-electron chi connectivity index (χ0n) is 15.9. The van der Waals surface area contributed by atoms with E-state index in [1.54, 1.807) is 0 Å². The quantitative estimate of drug-likeness (QED) is 0.774. The summed E-state index contributed by atoms with van der Waals surface area (Å²) in [4.78, 5) is 28.0. The molecule has 2 aliphatic heterocycles. The number of ether oxygens (including phenoxy) is 2. The second kappa shape index (κ2) is 7.38. The molecule has 0 aromatic heterocycles. The maximum Gasteiger partial charge on any atom is 0.329 e. The Labute approximate surface area is 159 Å². The van der Waals surface area contributed by atoms with E-state index in [1.807, 2.05) is 25.2 Å². The van der Waals surface area contributed by atoms with Gasteiger partial charge < -0.3 is 19.7 Å². The molecule has 1 unspecified atom stereocenters. The van der Waals surface area contributed by atoms with Gasteiger partial charge in [-0.15, -0.1) is 0 Å². The summed E-state index contributed by atoms with van der Waals surface area (Å²) >= 11 is 0. The summed E-state index contributed by atoms with van der Waals surface area (Å²) in [5, 5.41) is 3.01. The molecule has 0 radical (unpaired) electrons. The van der Waals surface area contributed by atoms with Crippen LogP contribution in [0, 0.1) is 0 Å². The molecule has 146 valence electrons. The summed E-state index contributed by atoms with van der Waals surface area (Å²) in [6.07, 6.45) is 5.80. The average Bonchev–Trinajstić information content (AvgIpc) is 2.83. The number of rotatable bonds is 4. The number of quaternary nitrogens is 1. The van der Waals surface area contributed by atoms with Crippen LogP contribution < -0.4 is 19.7 Å². The van der Waals surface area contributed by atoms with Crippen LogP contribution in [0.1, 0.15) is 44.1 Å². The lowest BCUT2D eigenvalue weighted by Gasteiger charge is -2.25. The van der Waals surface area contributed by atoms with Gasteiger partial charge >= 0.3 is 6.03 Å². The molecule has 4 rings (SSSR count). The van der Waals surface area contributed by atoms with Crippen LogP contribution in [0.5, 0.6) is 11.5 Å². The van der Waals surface area contributed by atoms with Crippen molar-refractivity contribution in [3.05, 3.63) is 23.8 Å². The molecule has 1 atom stereocenters. The molecule has 1 aromatic rings. The Morgan fingerprint density at radius 2 is 1.78 bits per heavy atom. The first-order valence-corrected chi connectivity index (χ1v) is 9.91. The van der Waals surface area contributed by atoms with Crippen molar-refractivity contribution in [1.82, 2.24) is 10.2 Å². The van der Waals surface area contributed by atoms with Crippen molar-refractivity contribution in [3.8, 4) is 11.5 Å². The van der Waals surface area contributed by atoms with Gasteiger partial charge in [-0.1, -0.05) is 25.7 Å². The van der Waals surface area contributed by atoms with E-state index in [2.05, 4.69) is 5.32 Å². The average molecular weight is 374 g/mol. The Morgan fingerprint density at radius 1 is 1.07 bits per heavy atom. The van der Waals surface area contributed by atoms with E-state index in [0.29, 0.717) is 26.4 Å². The van der Waals surface area contributed by atoms with Gasteiger partial charge in [0, 0.05) is 5.56 Å². The van der Waals surface area contributed by atoms with E-state index in [9.17, 15) is 9.59 Å². The second-order valence-electron chi connectivity index (χ2n) is 7.93. The van der Waals surface area contributed by atoms with Crippen LogP contribution in [0.2, 0.25) is 0 Å². The highest BCUT2D eigenvalue weighted by molar-refractivity contribution is 6.06. The largest absolute Gasteiger partial charge is 0.486 e. The van der Waals surface area contributed by atoms with Crippen LogP contribution in [0.25, 0.3) is 0 Å². The summed E-state index contributed by atoms with van der Waals surface area (Å²) in [5.74, 6) is 1.49. The number of benzene rings is 1. The molecule has 0 bridgehead atoms. The first kappa shape index (κ1) is 18.1. The number of nitrogens with zero attached hydrogens (tertiary/aromatic N) is 1. The number of hydrogen-bond acceptors (Lipinski definition) is 4. The smallest absolute Gasteiger partial charge is 0.329 e. The van der Waals surface area contributed by atoms with Crippen molar-refractivity contribution in [3.63, 3.8) is 0 Å². The fourth-order valence-corrected chi connectivity index (χ4v) is 4.36. The molecule has 3 aliphatic rings.